The van der Waals surface area contributed by atoms with Gasteiger partial charge in [0.1, 0.15) is 6.04 Å². The van der Waals surface area contributed by atoms with Gasteiger partial charge in [-0.2, -0.15) is 4.98 Å². The fraction of sp³-hybridized carbons (Fsp3) is 0.227. The first-order valence-electron chi connectivity index (χ1n) is 9.30. The normalized spacial score (nSPS) is 11.7. The van der Waals surface area contributed by atoms with E-state index in [-0.39, 0.29) is 6.42 Å². The van der Waals surface area contributed by atoms with E-state index in [1.165, 1.54) is 7.11 Å². The molecule has 29 heavy (non-hydrogen) atoms. The van der Waals surface area contributed by atoms with Crippen LogP contribution in [0, 0.1) is 6.92 Å². The van der Waals surface area contributed by atoms with Crippen molar-refractivity contribution >= 4 is 17.6 Å². The van der Waals surface area contributed by atoms with Gasteiger partial charge in [-0.25, -0.2) is 4.98 Å². The summed E-state index contributed by atoms with van der Waals surface area (Å²) in [6.07, 6.45) is 0.682. The molecule has 0 amide bonds. The number of nitrogens with zero attached hydrogens (tertiary/aromatic N) is 2. The maximum atomic E-state index is 10.9. The van der Waals surface area contributed by atoms with Crippen LogP contribution in [0.25, 0.3) is 11.1 Å². The summed E-state index contributed by atoms with van der Waals surface area (Å²) < 4.78 is 5.27. The Morgan fingerprint density at radius 2 is 1.93 bits per heavy atom. The average Bonchev–Trinajstić information content (AvgIpc) is 2.73. The van der Waals surface area contributed by atoms with Crippen LogP contribution in [0.5, 0.6) is 5.88 Å². The molecule has 7 heteroatoms. The largest absolute Gasteiger partial charge is 0.481 e. The van der Waals surface area contributed by atoms with E-state index in [9.17, 15) is 4.79 Å². The number of carboxylic acid groups (broad SMARTS) is 1. The van der Waals surface area contributed by atoms with E-state index in [2.05, 4.69) is 33.5 Å². The maximum absolute atomic E-state index is 10.9. The molecule has 3 aromatic rings. The summed E-state index contributed by atoms with van der Waals surface area (Å²) in [4.78, 5) is 19.8. The minimum absolute atomic E-state index is 0.275. The number of aromatic nitrogens is 2. The standard InChI is InChI=1S/C22H24N4O3/c1-14-17(15-7-4-3-5-8-15)9-6-10-19(14)25-22-24-16(13-20(26-22)29-2)11-12-18(23)21(27)28/h3-10,13,18H,11-12,23H2,1-2H3,(H,27,28)(H,24,25,26)/t18-/m1/s1. The van der Waals surface area contributed by atoms with Gasteiger partial charge in [0, 0.05) is 17.4 Å². The number of methoxy groups -OCH3 is 1. The third-order valence-corrected chi connectivity index (χ3v) is 4.66. The first kappa shape index (κ1) is 20.3. The summed E-state index contributed by atoms with van der Waals surface area (Å²) in [5.41, 5.74) is 10.5. The third-order valence-electron chi connectivity index (χ3n) is 4.66. The van der Waals surface area contributed by atoms with E-state index < -0.39 is 12.0 Å². The molecule has 0 aliphatic rings. The van der Waals surface area contributed by atoms with Crippen molar-refractivity contribution in [3.8, 4) is 17.0 Å². The fourth-order valence-corrected chi connectivity index (χ4v) is 3.01. The maximum Gasteiger partial charge on any atom is 0.320 e. The lowest BCUT2D eigenvalue weighted by Gasteiger charge is -2.14. The molecule has 150 valence electrons. The summed E-state index contributed by atoms with van der Waals surface area (Å²) in [5, 5.41) is 12.2. The highest BCUT2D eigenvalue weighted by molar-refractivity contribution is 5.75. The van der Waals surface area contributed by atoms with Gasteiger partial charge < -0.3 is 20.9 Å². The molecule has 3 rings (SSSR count). The van der Waals surface area contributed by atoms with Crippen LogP contribution in [0.2, 0.25) is 0 Å². The summed E-state index contributed by atoms with van der Waals surface area (Å²) >= 11 is 0. The Bertz CT molecular complexity index is 993. The first-order chi connectivity index (χ1) is 14.0. The number of carbonyl (C=O) groups is 1. The fourth-order valence-electron chi connectivity index (χ4n) is 3.01. The zero-order valence-electron chi connectivity index (χ0n) is 16.4. The molecule has 0 saturated carbocycles. The highest BCUT2D eigenvalue weighted by atomic mass is 16.5. The van der Waals surface area contributed by atoms with Gasteiger partial charge in [-0.1, -0.05) is 42.5 Å². The van der Waals surface area contributed by atoms with Crippen LogP contribution in [0.4, 0.5) is 11.6 Å². The minimum Gasteiger partial charge on any atom is -0.481 e. The van der Waals surface area contributed by atoms with E-state index in [0.717, 1.165) is 22.4 Å². The number of benzene rings is 2. The van der Waals surface area contributed by atoms with Gasteiger partial charge >= 0.3 is 5.97 Å². The molecular weight excluding hydrogens is 368 g/mol. The van der Waals surface area contributed by atoms with Crippen LogP contribution in [-0.4, -0.2) is 34.2 Å². The number of carboxylic acids is 1. The lowest BCUT2D eigenvalue weighted by molar-refractivity contribution is -0.138. The molecule has 0 aliphatic heterocycles. The van der Waals surface area contributed by atoms with Gasteiger partial charge in [0.2, 0.25) is 11.8 Å². The van der Waals surface area contributed by atoms with Crippen LogP contribution in [0.3, 0.4) is 0 Å². The number of ether oxygens (including phenoxy) is 1. The topological polar surface area (TPSA) is 110 Å². The molecule has 0 spiro atoms. The molecule has 0 saturated heterocycles. The Kier molecular flexibility index (Phi) is 6.41. The molecule has 0 bridgehead atoms. The van der Waals surface area contributed by atoms with Gasteiger partial charge in [0.25, 0.3) is 0 Å². The van der Waals surface area contributed by atoms with Crippen LogP contribution >= 0.6 is 0 Å². The van der Waals surface area contributed by atoms with Crippen LogP contribution in [0.15, 0.2) is 54.6 Å². The number of aryl methyl sites for hydroxylation is 1. The van der Waals surface area contributed by atoms with Crippen LogP contribution < -0.4 is 15.8 Å². The molecule has 0 radical (unpaired) electrons. The minimum atomic E-state index is -1.03. The molecule has 7 nitrogen and oxygen atoms in total. The Hall–Kier alpha value is -3.45. The van der Waals surface area contributed by atoms with Crippen molar-refractivity contribution in [2.45, 2.75) is 25.8 Å². The van der Waals surface area contributed by atoms with Crippen molar-refractivity contribution < 1.29 is 14.6 Å². The van der Waals surface area contributed by atoms with E-state index >= 15 is 0 Å². The number of aliphatic carboxylic acids is 1. The van der Waals surface area contributed by atoms with Gasteiger partial charge in [-0.15, -0.1) is 0 Å². The highest BCUT2D eigenvalue weighted by Crippen LogP contribution is 2.30. The molecule has 1 heterocycles. The van der Waals surface area contributed by atoms with Gasteiger partial charge in [-0.05, 0) is 42.5 Å². The predicted octanol–water partition coefficient (Wildman–Crippen LogP) is 3.55. The summed E-state index contributed by atoms with van der Waals surface area (Å²) in [7, 11) is 1.53. The quantitative estimate of drug-likeness (QED) is 0.538. The Balaban J connectivity index is 1.86. The van der Waals surface area contributed by atoms with E-state index in [1.807, 2.05) is 37.3 Å². The second kappa shape index (κ2) is 9.16. The number of anilines is 2. The second-order valence-corrected chi connectivity index (χ2v) is 6.68. The molecule has 1 atom stereocenters. The van der Waals surface area contributed by atoms with Crippen molar-refractivity contribution in [2.75, 3.05) is 12.4 Å². The molecule has 1 aromatic heterocycles. The summed E-state index contributed by atoms with van der Waals surface area (Å²) in [5.74, 6) is -0.243. The lowest BCUT2D eigenvalue weighted by Crippen LogP contribution is -2.30. The van der Waals surface area contributed by atoms with Crippen molar-refractivity contribution in [3.63, 3.8) is 0 Å². The Morgan fingerprint density at radius 1 is 1.17 bits per heavy atom. The first-order valence-corrected chi connectivity index (χ1v) is 9.30. The van der Waals surface area contributed by atoms with Crippen molar-refractivity contribution in [1.29, 1.82) is 0 Å². The Labute approximate surface area is 169 Å². The molecule has 4 N–H and O–H groups in total. The second-order valence-electron chi connectivity index (χ2n) is 6.68. The molecule has 2 aromatic carbocycles. The number of hydrogen-bond donors (Lipinski definition) is 3. The van der Waals surface area contributed by atoms with Gasteiger partial charge in [-0.3, -0.25) is 4.79 Å². The van der Waals surface area contributed by atoms with Crippen molar-refractivity contribution in [3.05, 3.63) is 65.9 Å². The van der Waals surface area contributed by atoms with Crippen molar-refractivity contribution in [1.82, 2.24) is 9.97 Å². The number of nitrogens with two attached hydrogens (primary N) is 1. The predicted molar refractivity (Wildman–Crippen MR) is 112 cm³/mol. The Morgan fingerprint density at radius 3 is 2.62 bits per heavy atom. The summed E-state index contributed by atoms with van der Waals surface area (Å²) in [6, 6.07) is 16.9. The molecule has 0 unspecified atom stereocenters. The van der Waals surface area contributed by atoms with E-state index in [0.29, 0.717) is 23.9 Å². The van der Waals surface area contributed by atoms with Crippen LogP contribution in [0.1, 0.15) is 17.7 Å². The van der Waals surface area contributed by atoms with E-state index in [4.69, 9.17) is 15.6 Å². The monoisotopic (exact) mass is 392 g/mol. The molecule has 0 fully saturated rings. The molecule has 0 aliphatic carbocycles. The number of hydrogen-bond acceptors (Lipinski definition) is 6. The van der Waals surface area contributed by atoms with Gasteiger partial charge in [0.15, 0.2) is 0 Å². The smallest absolute Gasteiger partial charge is 0.320 e. The SMILES string of the molecule is COc1cc(CC[C@@H](N)C(=O)O)nc(Nc2cccc(-c3ccccc3)c2C)n1. The zero-order valence-corrected chi connectivity index (χ0v) is 16.4. The zero-order chi connectivity index (χ0) is 20.8. The molecular formula is C22H24N4O3. The number of nitrogens with one attached hydrogen (secondary N) is 1. The highest BCUT2D eigenvalue weighted by Gasteiger charge is 2.14. The lowest BCUT2D eigenvalue weighted by atomic mass is 9.99. The van der Waals surface area contributed by atoms with Gasteiger partial charge in [0.05, 0.1) is 7.11 Å². The average molecular weight is 392 g/mol. The van der Waals surface area contributed by atoms with Crippen LogP contribution in [-0.2, 0) is 11.2 Å². The van der Waals surface area contributed by atoms with E-state index in [1.54, 1.807) is 6.07 Å². The van der Waals surface area contributed by atoms with Crippen molar-refractivity contribution in [2.24, 2.45) is 5.73 Å². The third kappa shape index (κ3) is 5.08. The number of rotatable bonds is 8. The summed E-state index contributed by atoms with van der Waals surface area (Å²) in [6.45, 7) is 2.04.